The Balaban J connectivity index is 2.27. The molecule has 1 aliphatic heterocycles. The molecular formula is C12H16N2O. The quantitative estimate of drug-likeness (QED) is 0.747. The van der Waals surface area contributed by atoms with Gasteiger partial charge >= 0.3 is 0 Å². The summed E-state index contributed by atoms with van der Waals surface area (Å²) in [5.41, 5.74) is 9.15. The molecule has 3 nitrogen and oxygen atoms in total. The van der Waals surface area contributed by atoms with Gasteiger partial charge in [-0.2, -0.15) is 0 Å². The second-order valence-corrected chi connectivity index (χ2v) is 4.00. The number of fused-ring (bicyclic) bond motifs is 1. The van der Waals surface area contributed by atoms with E-state index in [4.69, 9.17) is 5.73 Å². The Morgan fingerprint density at radius 1 is 1.53 bits per heavy atom. The van der Waals surface area contributed by atoms with Crippen molar-refractivity contribution in [2.24, 2.45) is 5.73 Å². The van der Waals surface area contributed by atoms with E-state index in [-0.39, 0.29) is 11.9 Å². The van der Waals surface area contributed by atoms with Gasteiger partial charge in [-0.3, -0.25) is 4.79 Å². The van der Waals surface area contributed by atoms with Crippen LogP contribution in [0.15, 0.2) is 18.2 Å². The summed E-state index contributed by atoms with van der Waals surface area (Å²) in [6.07, 6.45) is 1.75. The van der Waals surface area contributed by atoms with Crippen molar-refractivity contribution in [3.63, 3.8) is 0 Å². The Hall–Kier alpha value is -1.35. The molecule has 0 aliphatic carbocycles. The number of carbonyl (C=O) groups excluding carboxylic acids is 1. The van der Waals surface area contributed by atoms with E-state index >= 15 is 0 Å². The first kappa shape index (κ1) is 10.2. The zero-order valence-corrected chi connectivity index (χ0v) is 8.92. The Kier molecular flexibility index (Phi) is 2.73. The maximum atomic E-state index is 11.1. The lowest BCUT2D eigenvalue weighted by Crippen LogP contribution is -2.45. The van der Waals surface area contributed by atoms with E-state index in [1.807, 2.05) is 0 Å². The number of nitrogens with two attached hydrogens (primary N) is 1. The fraction of sp³-hybridized carbons (Fsp3) is 0.417. The van der Waals surface area contributed by atoms with Gasteiger partial charge < -0.3 is 11.1 Å². The molecule has 0 radical (unpaired) electrons. The molecule has 15 heavy (non-hydrogen) atoms. The first-order valence-corrected chi connectivity index (χ1v) is 5.34. The summed E-state index contributed by atoms with van der Waals surface area (Å²) in [5, 5.41) is 3.14. The lowest BCUT2D eigenvalue weighted by molar-refractivity contribution is -0.120. The number of carbonyl (C=O) groups is 1. The fourth-order valence-electron chi connectivity index (χ4n) is 1.99. The van der Waals surface area contributed by atoms with Gasteiger partial charge in [0.25, 0.3) is 0 Å². The van der Waals surface area contributed by atoms with E-state index < -0.39 is 0 Å². The highest BCUT2D eigenvalue weighted by Crippen LogP contribution is 2.18. The first-order valence-electron chi connectivity index (χ1n) is 5.34. The van der Waals surface area contributed by atoms with Gasteiger partial charge in [-0.1, -0.05) is 25.1 Å². The van der Waals surface area contributed by atoms with Gasteiger partial charge in [0, 0.05) is 6.54 Å². The van der Waals surface area contributed by atoms with Crippen molar-refractivity contribution in [1.82, 2.24) is 5.32 Å². The second-order valence-electron chi connectivity index (χ2n) is 4.00. The lowest BCUT2D eigenvalue weighted by Gasteiger charge is -2.24. The van der Waals surface area contributed by atoms with Gasteiger partial charge in [0.05, 0.1) is 6.04 Å². The topological polar surface area (TPSA) is 55.1 Å². The highest BCUT2D eigenvalue weighted by Gasteiger charge is 2.21. The molecule has 0 saturated heterocycles. The van der Waals surface area contributed by atoms with Gasteiger partial charge in [-0.15, -0.1) is 0 Å². The van der Waals surface area contributed by atoms with Crippen LogP contribution in [0.1, 0.15) is 23.6 Å². The van der Waals surface area contributed by atoms with Crippen LogP contribution < -0.4 is 11.1 Å². The normalized spacial score (nSPS) is 19.7. The van der Waals surface area contributed by atoms with Gasteiger partial charge in [-0.25, -0.2) is 0 Å². The average Bonchev–Trinajstić information content (AvgIpc) is 2.27. The maximum absolute atomic E-state index is 11.1. The molecule has 3 N–H and O–H groups in total. The van der Waals surface area contributed by atoms with Crippen LogP contribution in [0.5, 0.6) is 0 Å². The number of benzene rings is 1. The summed E-state index contributed by atoms with van der Waals surface area (Å²) < 4.78 is 0. The smallest absolute Gasteiger partial charge is 0.234 e. The van der Waals surface area contributed by atoms with E-state index in [9.17, 15) is 4.79 Å². The molecular weight excluding hydrogens is 188 g/mol. The second kappa shape index (κ2) is 4.03. The van der Waals surface area contributed by atoms with Crippen LogP contribution in [-0.2, 0) is 24.2 Å². The number of rotatable bonds is 2. The zero-order valence-electron chi connectivity index (χ0n) is 8.92. The largest absolute Gasteiger partial charge is 0.368 e. The van der Waals surface area contributed by atoms with Crippen LogP contribution >= 0.6 is 0 Å². The lowest BCUT2D eigenvalue weighted by atomic mass is 9.93. The molecule has 1 amide bonds. The average molecular weight is 204 g/mol. The van der Waals surface area contributed by atoms with Gasteiger partial charge in [0.2, 0.25) is 5.91 Å². The molecule has 0 unspecified atom stereocenters. The highest BCUT2D eigenvalue weighted by atomic mass is 16.1. The van der Waals surface area contributed by atoms with Crippen LogP contribution in [-0.4, -0.2) is 11.9 Å². The van der Waals surface area contributed by atoms with Crippen LogP contribution in [0.25, 0.3) is 0 Å². The van der Waals surface area contributed by atoms with Crippen molar-refractivity contribution in [2.45, 2.75) is 32.4 Å². The summed E-state index contributed by atoms with van der Waals surface area (Å²) >= 11 is 0. The highest BCUT2D eigenvalue weighted by molar-refractivity contribution is 5.80. The predicted octanol–water partition coefficient (Wildman–Crippen LogP) is 0.749. The van der Waals surface area contributed by atoms with Crippen molar-refractivity contribution in [3.8, 4) is 0 Å². The Morgan fingerprint density at radius 3 is 3.00 bits per heavy atom. The molecule has 3 heteroatoms. The van der Waals surface area contributed by atoms with E-state index in [0.717, 1.165) is 19.4 Å². The Bertz CT molecular complexity index is 387. The summed E-state index contributed by atoms with van der Waals surface area (Å²) in [6.45, 7) is 2.88. The van der Waals surface area contributed by atoms with Crippen molar-refractivity contribution in [3.05, 3.63) is 34.9 Å². The molecule has 1 aromatic carbocycles. The Labute approximate surface area is 89.7 Å². The van der Waals surface area contributed by atoms with Crippen molar-refractivity contribution >= 4 is 5.91 Å². The third-order valence-electron chi connectivity index (χ3n) is 2.99. The Morgan fingerprint density at radius 2 is 2.33 bits per heavy atom. The van der Waals surface area contributed by atoms with E-state index in [1.165, 1.54) is 16.7 Å². The number of hydrogen-bond acceptors (Lipinski definition) is 2. The van der Waals surface area contributed by atoms with E-state index in [2.05, 4.69) is 30.4 Å². The van der Waals surface area contributed by atoms with Crippen LogP contribution in [0, 0.1) is 0 Å². The zero-order chi connectivity index (χ0) is 10.8. The van der Waals surface area contributed by atoms with E-state index in [0.29, 0.717) is 0 Å². The first-order chi connectivity index (χ1) is 7.20. The number of primary amides is 1. The van der Waals surface area contributed by atoms with Crippen LogP contribution in [0.2, 0.25) is 0 Å². The summed E-state index contributed by atoms with van der Waals surface area (Å²) in [7, 11) is 0. The van der Waals surface area contributed by atoms with Gasteiger partial charge in [0.1, 0.15) is 0 Å². The van der Waals surface area contributed by atoms with Crippen molar-refractivity contribution in [2.75, 3.05) is 0 Å². The van der Waals surface area contributed by atoms with Crippen LogP contribution in [0.3, 0.4) is 0 Å². The third kappa shape index (κ3) is 2.02. The summed E-state index contributed by atoms with van der Waals surface area (Å²) in [5.74, 6) is -0.262. The number of amides is 1. The predicted molar refractivity (Wildman–Crippen MR) is 59.3 cm³/mol. The molecule has 2 rings (SSSR count). The minimum absolute atomic E-state index is 0.204. The fourth-order valence-corrected chi connectivity index (χ4v) is 1.99. The standard InChI is InChI=1S/C12H16N2O/c1-2-8-3-4-9-7-14-11(12(13)15)6-10(9)5-8/h3-5,11,14H,2,6-7H2,1H3,(H2,13,15)/t11-/m1/s1. The SMILES string of the molecule is CCc1ccc2c(c1)C[C@H](C(N)=O)NC2. The maximum Gasteiger partial charge on any atom is 0.234 e. The molecule has 0 spiro atoms. The minimum atomic E-state index is -0.262. The number of nitrogens with one attached hydrogen (secondary N) is 1. The van der Waals surface area contributed by atoms with Gasteiger partial charge in [0.15, 0.2) is 0 Å². The van der Waals surface area contributed by atoms with E-state index in [1.54, 1.807) is 0 Å². The number of hydrogen-bond donors (Lipinski definition) is 2. The summed E-state index contributed by atoms with van der Waals surface area (Å²) in [6, 6.07) is 6.26. The minimum Gasteiger partial charge on any atom is -0.368 e. The number of aryl methyl sites for hydroxylation is 1. The molecule has 1 aliphatic rings. The molecule has 80 valence electrons. The molecule has 1 aromatic rings. The van der Waals surface area contributed by atoms with Crippen molar-refractivity contribution in [1.29, 1.82) is 0 Å². The van der Waals surface area contributed by atoms with Crippen molar-refractivity contribution < 1.29 is 4.79 Å². The molecule has 0 aromatic heterocycles. The molecule has 1 heterocycles. The molecule has 0 bridgehead atoms. The van der Waals surface area contributed by atoms with Gasteiger partial charge in [-0.05, 0) is 29.5 Å². The molecule has 0 fully saturated rings. The summed E-state index contributed by atoms with van der Waals surface area (Å²) in [4.78, 5) is 11.1. The molecule has 1 atom stereocenters. The monoisotopic (exact) mass is 204 g/mol. The third-order valence-corrected chi connectivity index (χ3v) is 2.99. The molecule has 0 saturated carbocycles. The van der Waals surface area contributed by atoms with Crippen LogP contribution in [0.4, 0.5) is 0 Å².